The van der Waals surface area contributed by atoms with Gasteiger partial charge in [-0.2, -0.15) is 0 Å². The third kappa shape index (κ3) is 2.32. The molecule has 0 aliphatic heterocycles. The predicted molar refractivity (Wildman–Crippen MR) is 60.3 cm³/mol. The number of hydrogen-bond acceptors (Lipinski definition) is 2. The Kier molecular flexibility index (Phi) is 2.95. The lowest BCUT2D eigenvalue weighted by atomic mass is 9.90. The lowest BCUT2D eigenvalue weighted by Crippen LogP contribution is -2.15. The minimum atomic E-state index is 0.0662. The molecule has 0 fully saturated rings. The van der Waals surface area contributed by atoms with E-state index < -0.39 is 0 Å². The van der Waals surface area contributed by atoms with E-state index in [1.54, 1.807) is 0 Å². The number of aromatic nitrogens is 1. The smallest absolute Gasteiger partial charge is 0.0459 e. The molecule has 0 spiro atoms. The molecule has 0 radical (unpaired) electrons. The summed E-state index contributed by atoms with van der Waals surface area (Å²) in [7, 11) is 0. The molecule has 2 N–H and O–H groups in total. The Bertz CT molecular complexity index is 322. The number of nitrogens with two attached hydrogens (primary N) is 1. The van der Waals surface area contributed by atoms with Crippen molar-refractivity contribution in [2.75, 3.05) is 0 Å². The molecule has 0 aliphatic carbocycles. The molecule has 1 aromatic rings. The largest absolute Gasteiger partial charge is 0.324 e. The average molecular weight is 192 g/mol. The Balaban J connectivity index is 3.13. The van der Waals surface area contributed by atoms with E-state index in [1.165, 1.54) is 5.56 Å². The van der Waals surface area contributed by atoms with Crippen LogP contribution in [0.3, 0.4) is 0 Å². The molecule has 0 aromatic carbocycles. The Hall–Kier alpha value is -0.890. The summed E-state index contributed by atoms with van der Waals surface area (Å²) in [5.74, 6) is 0. The summed E-state index contributed by atoms with van der Waals surface area (Å²) >= 11 is 0. The maximum absolute atomic E-state index is 5.83. The van der Waals surface area contributed by atoms with Crippen molar-refractivity contribution in [3.8, 4) is 0 Å². The van der Waals surface area contributed by atoms with Gasteiger partial charge < -0.3 is 5.73 Å². The Labute approximate surface area is 86.5 Å². The summed E-state index contributed by atoms with van der Waals surface area (Å²) in [5.41, 5.74) is 9.44. The molecule has 1 aromatic heterocycles. The van der Waals surface area contributed by atoms with Crippen molar-refractivity contribution in [1.82, 2.24) is 4.98 Å². The van der Waals surface area contributed by atoms with Gasteiger partial charge in [-0.1, -0.05) is 20.8 Å². The first-order valence-electron chi connectivity index (χ1n) is 5.05. The highest BCUT2D eigenvalue weighted by molar-refractivity contribution is 5.29. The summed E-state index contributed by atoms with van der Waals surface area (Å²) in [5, 5.41) is 0. The molecule has 0 aliphatic rings. The van der Waals surface area contributed by atoms with Crippen LogP contribution in [0.25, 0.3) is 0 Å². The number of hydrogen-bond donors (Lipinski definition) is 1. The number of rotatable bonds is 1. The van der Waals surface area contributed by atoms with Crippen molar-refractivity contribution in [1.29, 1.82) is 0 Å². The van der Waals surface area contributed by atoms with Gasteiger partial charge in [0.05, 0.1) is 0 Å². The minimum Gasteiger partial charge on any atom is -0.324 e. The number of nitrogens with zero attached hydrogens (tertiary/aromatic N) is 1. The van der Waals surface area contributed by atoms with Crippen LogP contribution < -0.4 is 5.73 Å². The monoisotopic (exact) mass is 192 g/mol. The third-order valence-electron chi connectivity index (χ3n) is 2.41. The zero-order valence-corrected chi connectivity index (χ0v) is 9.76. The predicted octanol–water partition coefficient (Wildman–Crippen LogP) is 2.71. The summed E-state index contributed by atoms with van der Waals surface area (Å²) in [4.78, 5) is 4.45. The lowest BCUT2D eigenvalue weighted by Gasteiger charge is -2.19. The van der Waals surface area contributed by atoms with Crippen LogP contribution in [0.4, 0.5) is 0 Å². The normalized spacial score (nSPS) is 14.1. The highest BCUT2D eigenvalue weighted by Gasteiger charge is 2.16. The van der Waals surface area contributed by atoms with Gasteiger partial charge in [0.2, 0.25) is 0 Å². The maximum Gasteiger partial charge on any atom is 0.0459 e. The van der Waals surface area contributed by atoms with E-state index in [1.807, 2.05) is 13.1 Å². The van der Waals surface area contributed by atoms with Gasteiger partial charge in [-0.05, 0) is 31.0 Å². The molecule has 14 heavy (non-hydrogen) atoms. The molecule has 2 heteroatoms. The first kappa shape index (κ1) is 11.2. The van der Waals surface area contributed by atoms with Gasteiger partial charge >= 0.3 is 0 Å². The van der Waals surface area contributed by atoms with Gasteiger partial charge in [0.1, 0.15) is 0 Å². The van der Waals surface area contributed by atoms with Crippen LogP contribution in [0.5, 0.6) is 0 Å². The van der Waals surface area contributed by atoms with Gasteiger partial charge in [0.15, 0.2) is 0 Å². The first-order chi connectivity index (χ1) is 6.32. The summed E-state index contributed by atoms with van der Waals surface area (Å²) in [6.07, 6.45) is 1.90. The molecule has 0 saturated carbocycles. The van der Waals surface area contributed by atoms with E-state index in [2.05, 4.69) is 38.7 Å². The molecular weight excluding hydrogens is 172 g/mol. The average Bonchev–Trinajstić information content (AvgIpc) is 2.01. The number of aryl methyl sites for hydroxylation is 1. The summed E-state index contributed by atoms with van der Waals surface area (Å²) in [6, 6.07) is 2.20. The lowest BCUT2D eigenvalue weighted by molar-refractivity contribution is 0.566. The molecule has 0 bridgehead atoms. The van der Waals surface area contributed by atoms with E-state index in [0.29, 0.717) is 0 Å². The molecule has 1 atom stereocenters. The molecule has 0 saturated heterocycles. The summed E-state index contributed by atoms with van der Waals surface area (Å²) in [6.45, 7) is 10.6. The number of pyridine rings is 1. The van der Waals surface area contributed by atoms with E-state index in [0.717, 1.165) is 11.3 Å². The van der Waals surface area contributed by atoms with E-state index >= 15 is 0 Å². The second kappa shape index (κ2) is 3.70. The molecule has 1 rings (SSSR count). The van der Waals surface area contributed by atoms with Crippen molar-refractivity contribution in [2.45, 2.75) is 46.1 Å². The highest BCUT2D eigenvalue weighted by atomic mass is 14.7. The van der Waals surface area contributed by atoms with Crippen LogP contribution in [0.15, 0.2) is 12.3 Å². The Morgan fingerprint density at radius 1 is 1.36 bits per heavy atom. The van der Waals surface area contributed by atoms with Crippen LogP contribution in [-0.2, 0) is 5.41 Å². The fraction of sp³-hybridized carbons (Fsp3) is 0.583. The van der Waals surface area contributed by atoms with Crippen molar-refractivity contribution in [3.05, 3.63) is 29.1 Å². The Morgan fingerprint density at radius 2 is 1.93 bits per heavy atom. The van der Waals surface area contributed by atoms with E-state index in [9.17, 15) is 0 Å². The molecule has 1 unspecified atom stereocenters. The topological polar surface area (TPSA) is 38.9 Å². The van der Waals surface area contributed by atoms with Gasteiger partial charge in [-0.25, -0.2) is 0 Å². The first-order valence-corrected chi connectivity index (χ1v) is 5.05. The SMILES string of the molecule is Cc1cc(C(C)(C)C)ncc1C(C)N. The van der Waals surface area contributed by atoms with Crippen molar-refractivity contribution >= 4 is 0 Å². The standard InChI is InChI=1S/C12H20N2/c1-8-6-11(12(3,4)5)14-7-10(8)9(2)13/h6-7,9H,13H2,1-5H3. The van der Waals surface area contributed by atoms with Gasteiger partial charge in [-0.3, -0.25) is 4.98 Å². The van der Waals surface area contributed by atoms with Crippen molar-refractivity contribution in [2.24, 2.45) is 5.73 Å². The summed E-state index contributed by atoms with van der Waals surface area (Å²) < 4.78 is 0. The molecule has 1 heterocycles. The van der Waals surface area contributed by atoms with Crippen LogP contribution in [0, 0.1) is 6.92 Å². The zero-order chi connectivity index (χ0) is 10.9. The van der Waals surface area contributed by atoms with Gasteiger partial charge in [0.25, 0.3) is 0 Å². The highest BCUT2D eigenvalue weighted by Crippen LogP contribution is 2.23. The van der Waals surface area contributed by atoms with E-state index in [4.69, 9.17) is 5.73 Å². The second-order valence-corrected chi connectivity index (χ2v) is 4.96. The Morgan fingerprint density at radius 3 is 2.29 bits per heavy atom. The molecule has 2 nitrogen and oxygen atoms in total. The quantitative estimate of drug-likeness (QED) is 0.743. The van der Waals surface area contributed by atoms with E-state index in [-0.39, 0.29) is 11.5 Å². The molecule has 78 valence electrons. The van der Waals surface area contributed by atoms with Crippen LogP contribution in [-0.4, -0.2) is 4.98 Å². The zero-order valence-electron chi connectivity index (χ0n) is 9.76. The molecular formula is C12H20N2. The fourth-order valence-electron chi connectivity index (χ4n) is 1.45. The van der Waals surface area contributed by atoms with Crippen LogP contribution >= 0.6 is 0 Å². The van der Waals surface area contributed by atoms with Gasteiger partial charge in [-0.15, -0.1) is 0 Å². The minimum absolute atomic E-state index is 0.0662. The second-order valence-electron chi connectivity index (χ2n) is 4.96. The van der Waals surface area contributed by atoms with Crippen LogP contribution in [0.2, 0.25) is 0 Å². The maximum atomic E-state index is 5.83. The van der Waals surface area contributed by atoms with Crippen molar-refractivity contribution in [3.63, 3.8) is 0 Å². The fourth-order valence-corrected chi connectivity index (χ4v) is 1.45. The van der Waals surface area contributed by atoms with Gasteiger partial charge in [0, 0.05) is 23.3 Å². The van der Waals surface area contributed by atoms with Crippen molar-refractivity contribution < 1.29 is 0 Å². The molecule has 0 amide bonds. The van der Waals surface area contributed by atoms with Crippen LogP contribution in [0.1, 0.15) is 50.6 Å². The third-order valence-corrected chi connectivity index (χ3v) is 2.41.